The van der Waals surface area contributed by atoms with Gasteiger partial charge in [-0.15, -0.1) is 0 Å². The van der Waals surface area contributed by atoms with Crippen molar-refractivity contribution in [2.75, 3.05) is 0 Å². The van der Waals surface area contributed by atoms with E-state index in [-0.39, 0.29) is 6.42 Å². The van der Waals surface area contributed by atoms with Crippen LogP contribution in [0.15, 0.2) is 18.2 Å². The summed E-state index contributed by atoms with van der Waals surface area (Å²) in [5.74, 6) is -0.849. The summed E-state index contributed by atoms with van der Waals surface area (Å²) < 4.78 is 1.78. The van der Waals surface area contributed by atoms with Gasteiger partial charge in [0.25, 0.3) is 0 Å². The molecule has 100 valence electrons. The fraction of sp³-hybridized carbons (Fsp3) is 0.286. The number of carbonyl (C=O) groups is 1. The molecule has 0 saturated carbocycles. The lowest BCUT2D eigenvalue weighted by Gasteiger charge is -2.08. The molecular weight excluding hydrogens is 264 g/mol. The quantitative estimate of drug-likeness (QED) is 0.939. The number of rotatable bonds is 3. The number of aliphatic carboxylic acids is 1. The van der Waals surface area contributed by atoms with Gasteiger partial charge in [-0.05, 0) is 44.5 Å². The van der Waals surface area contributed by atoms with Crippen molar-refractivity contribution in [2.45, 2.75) is 27.2 Å². The standard InChI is InChI=1S/C14H15ClN2O2/c1-8-6-11(15)4-5-13(8)17-10(3)12(7-14(18)19)9(2)16-17/h4-6H,7H2,1-3H3,(H,18,19). The number of aromatic nitrogens is 2. The first kappa shape index (κ1) is 13.6. The number of hydrogen-bond acceptors (Lipinski definition) is 2. The van der Waals surface area contributed by atoms with Crippen LogP contribution in [-0.2, 0) is 11.2 Å². The summed E-state index contributed by atoms with van der Waals surface area (Å²) in [6.07, 6.45) is -0.00962. The lowest BCUT2D eigenvalue weighted by atomic mass is 10.1. The van der Waals surface area contributed by atoms with Gasteiger partial charge >= 0.3 is 5.97 Å². The van der Waals surface area contributed by atoms with Crippen molar-refractivity contribution in [3.05, 3.63) is 45.7 Å². The second-order valence-electron chi connectivity index (χ2n) is 4.56. The van der Waals surface area contributed by atoms with Crippen molar-refractivity contribution in [1.82, 2.24) is 9.78 Å². The van der Waals surface area contributed by atoms with E-state index in [0.717, 1.165) is 28.2 Å². The number of carboxylic acids is 1. The highest BCUT2D eigenvalue weighted by molar-refractivity contribution is 6.30. The Bertz CT molecular complexity index is 647. The van der Waals surface area contributed by atoms with Crippen molar-refractivity contribution in [1.29, 1.82) is 0 Å². The van der Waals surface area contributed by atoms with Crippen LogP contribution in [0.25, 0.3) is 5.69 Å². The highest BCUT2D eigenvalue weighted by atomic mass is 35.5. The lowest BCUT2D eigenvalue weighted by Crippen LogP contribution is -2.04. The second-order valence-corrected chi connectivity index (χ2v) is 5.00. The van der Waals surface area contributed by atoms with Crippen LogP contribution in [0.1, 0.15) is 22.5 Å². The molecule has 2 rings (SSSR count). The Balaban J connectivity index is 2.54. The first-order chi connectivity index (χ1) is 8.90. The highest BCUT2D eigenvalue weighted by Crippen LogP contribution is 2.23. The monoisotopic (exact) mass is 278 g/mol. The Morgan fingerprint density at radius 1 is 1.37 bits per heavy atom. The minimum Gasteiger partial charge on any atom is -0.481 e. The van der Waals surface area contributed by atoms with Gasteiger partial charge in [0.15, 0.2) is 0 Å². The molecule has 1 aromatic heterocycles. The van der Waals surface area contributed by atoms with E-state index in [1.165, 1.54) is 0 Å². The van der Waals surface area contributed by atoms with Crippen LogP contribution in [-0.4, -0.2) is 20.9 Å². The molecular formula is C14H15ClN2O2. The van der Waals surface area contributed by atoms with E-state index in [0.29, 0.717) is 5.02 Å². The van der Waals surface area contributed by atoms with Gasteiger partial charge in [0.1, 0.15) is 0 Å². The van der Waals surface area contributed by atoms with Gasteiger partial charge in [-0.2, -0.15) is 5.10 Å². The van der Waals surface area contributed by atoms with Crippen LogP contribution in [0.4, 0.5) is 0 Å². The Labute approximate surface area is 116 Å². The van der Waals surface area contributed by atoms with Gasteiger partial charge in [0, 0.05) is 16.3 Å². The average molecular weight is 279 g/mol. The van der Waals surface area contributed by atoms with Crippen molar-refractivity contribution in [3.8, 4) is 5.69 Å². The van der Waals surface area contributed by atoms with Crippen LogP contribution in [0.2, 0.25) is 5.02 Å². The smallest absolute Gasteiger partial charge is 0.307 e. The first-order valence-electron chi connectivity index (χ1n) is 5.93. The maximum Gasteiger partial charge on any atom is 0.307 e. The molecule has 0 bridgehead atoms. The SMILES string of the molecule is Cc1cc(Cl)ccc1-n1nc(C)c(CC(=O)O)c1C. The third-order valence-electron chi connectivity index (χ3n) is 3.16. The maximum absolute atomic E-state index is 10.9. The van der Waals surface area contributed by atoms with Gasteiger partial charge in [-0.25, -0.2) is 4.68 Å². The molecule has 5 heteroatoms. The minimum atomic E-state index is -0.849. The summed E-state index contributed by atoms with van der Waals surface area (Å²) in [6, 6.07) is 5.56. The van der Waals surface area contributed by atoms with Crippen molar-refractivity contribution in [2.24, 2.45) is 0 Å². The highest BCUT2D eigenvalue weighted by Gasteiger charge is 2.16. The van der Waals surface area contributed by atoms with Gasteiger partial charge in [0.2, 0.25) is 0 Å². The zero-order valence-electron chi connectivity index (χ0n) is 11.1. The van der Waals surface area contributed by atoms with E-state index in [2.05, 4.69) is 5.10 Å². The number of nitrogens with zero attached hydrogens (tertiary/aromatic N) is 2. The Morgan fingerprint density at radius 2 is 2.05 bits per heavy atom. The van der Waals surface area contributed by atoms with E-state index < -0.39 is 5.97 Å². The zero-order valence-corrected chi connectivity index (χ0v) is 11.8. The molecule has 0 aliphatic heterocycles. The van der Waals surface area contributed by atoms with Crippen LogP contribution in [0, 0.1) is 20.8 Å². The fourth-order valence-electron chi connectivity index (χ4n) is 2.17. The molecule has 0 spiro atoms. The zero-order chi connectivity index (χ0) is 14.2. The molecule has 0 amide bonds. The van der Waals surface area contributed by atoms with E-state index in [1.807, 2.05) is 32.9 Å². The lowest BCUT2D eigenvalue weighted by molar-refractivity contribution is -0.136. The molecule has 4 nitrogen and oxygen atoms in total. The predicted octanol–water partition coefficient (Wildman–Crippen LogP) is 3.08. The molecule has 0 radical (unpaired) electrons. The van der Waals surface area contributed by atoms with E-state index in [9.17, 15) is 4.79 Å². The number of carboxylic acid groups (broad SMARTS) is 1. The fourth-order valence-corrected chi connectivity index (χ4v) is 2.40. The van der Waals surface area contributed by atoms with E-state index >= 15 is 0 Å². The summed E-state index contributed by atoms with van der Waals surface area (Å²) in [7, 11) is 0. The van der Waals surface area contributed by atoms with Crippen molar-refractivity contribution in [3.63, 3.8) is 0 Å². The topological polar surface area (TPSA) is 55.1 Å². The third-order valence-corrected chi connectivity index (χ3v) is 3.39. The van der Waals surface area contributed by atoms with Gasteiger partial charge in [0.05, 0.1) is 17.8 Å². The molecule has 0 fully saturated rings. The van der Waals surface area contributed by atoms with Crippen LogP contribution >= 0.6 is 11.6 Å². The number of halogens is 1. The third kappa shape index (κ3) is 2.63. The minimum absolute atomic E-state index is 0.00962. The molecule has 1 heterocycles. The molecule has 0 saturated heterocycles. The summed E-state index contributed by atoms with van der Waals surface area (Å²) >= 11 is 5.94. The summed E-state index contributed by atoms with van der Waals surface area (Å²) in [6.45, 7) is 5.66. The summed E-state index contributed by atoms with van der Waals surface area (Å²) in [5, 5.41) is 14.0. The van der Waals surface area contributed by atoms with Crippen molar-refractivity contribution >= 4 is 17.6 Å². The Hall–Kier alpha value is -1.81. The largest absolute Gasteiger partial charge is 0.481 e. The molecule has 0 aliphatic carbocycles. The maximum atomic E-state index is 10.9. The molecule has 0 atom stereocenters. The Kier molecular flexibility index (Phi) is 3.62. The van der Waals surface area contributed by atoms with Gasteiger partial charge in [-0.3, -0.25) is 4.79 Å². The van der Waals surface area contributed by atoms with Gasteiger partial charge in [-0.1, -0.05) is 11.6 Å². The van der Waals surface area contributed by atoms with Crippen LogP contribution < -0.4 is 0 Å². The van der Waals surface area contributed by atoms with Crippen LogP contribution in [0.5, 0.6) is 0 Å². The molecule has 1 aromatic carbocycles. The second kappa shape index (κ2) is 5.05. The Morgan fingerprint density at radius 3 is 2.63 bits per heavy atom. The molecule has 1 N–H and O–H groups in total. The van der Waals surface area contributed by atoms with E-state index in [4.69, 9.17) is 16.7 Å². The predicted molar refractivity (Wildman–Crippen MR) is 74.1 cm³/mol. The number of aryl methyl sites for hydroxylation is 2. The van der Waals surface area contributed by atoms with E-state index in [1.54, 1.807) is 10.7 Å². The molecule has 2 aromatic rings. The molecule has 0 aliphatic rings. The van der Waals surface area contributed by atoms with Crippen molar-refractivity contribution < 1.29 is 9.90 Å². The first-order valence-corrected chi connectivity index (χ1v) is 6.31. The molecule has 19 heavy (non-hydrogen) atoms. The van der Waals surface area contributed by atoms with Gasteiger partial charge < -0.3 is 5.11 Å². The summed E-state index contributed by atoms with van der Waals surface area (Å²) in [4.78, 5) is 10.9. The average Bonchev–Trinajstić information content (AvgIpc) is 2.57. The van der Waals surface area contributed by atoms with Crippen LogP contribution in [0.3, 0.4) is 0 Å². The normalized spacial score (nSPS) is 10.7. The number of benzene rings is 1. The molecule has 0 unspecified atom stereocenters. The number of hydrogen-bond donors (Lipinski definition) is 1. The summed E-state index contributed by atoms with van der Waals surface area (Å²) in [5.41, 5.74) is 4.28.